The Morgan fingerprint density at radius 3 is 2.35 bits per heavy atom. The maximum Gasteiger partial charge on any atom is 0.261 e. The molecule has 0 heterocycles. The van der Waals surface area contributed by atoms with Crippen LogP contribution in [0.15, 0.2) is 48.5 Å². The summed E-state index contributed by atoms with van der Waals surface area (Å²) in [5.74, 6) is 0.274. The van der Waals surface area contributed by atoms with Gasteiger partial charge in [-0.2, -0.15) is 0 Å². The smallest absolute Gasteiger partial charge is 0.261 e. The second kappa shape index (κ2) is 11.2. The number of aryl methyl sites for hydroxylation is 1. The summed E-state index contributed by atoms with van der Waals surface area (Å²) in [7, 11) is 0. The molecule has 6 heteroatoms. The van der Waals surface area contributed by atoms with Gasteiger partial charge in [-0.3, -0.25) is 9.59 Å². The van der Waals surface area contributed by atoms with Crippen LogP contribution in [-0.2, 0) is 16.1 Å². The summed E-state index contributed by atoms with van der Waals surface area (Å²) in [6.07, 6.45) is 5.49. The monoisotopic (exact) mass is 442 g/mol. The highest BCUT2D eigenvalue weighted by atomic mass is 35.5. The molecule has 3 rings (SSSR count). The topological polar surface area (TPSA) is 58.6 Å². The van der Waals surface area contributed by atoms with Gasteiger partial charge in [-0.25, -0.2) is 0 Å². The van der Waals surface area contributed by atoms with Crippen LogP contribution in [0.2, 0.25) is 5.02 Å². The number of amides is 2. The third-order valence-electron chi connectivity index (χ3n) is 5.77. The van der Waals surface area contributed by atoms with Crippen LogP contribution in [-0.4, -0.2) is 35.4 Å². The number of rotatable bonds is 8. The molecule has 1 atom stereocenters. The zero-order valence-electron chi connectivity index (χ0n) is 18.3. The van der Waals surface area contributed by atoms with E-state index in [9.17, 15) is 9.59 Å². The van der Waals surface area contributed by atoms with Crippen molar-refractivity contribution >= 4 is 23.4 Å². The van der Waals surface area contributed by atoms with Crippen LogP contribution in [0.5, 0.6) is 5.75 Å². The van der Waals surface area contributed by atoms with E-state index in [-0.39, 0.29) is 24.5 Å². The number of benzene rings is 2. The minimum atomic E-state index is -0.605. The molecular weight excluding hydrogens is 412 g/mol. The first-order chi connectivity index (χ1) is 14.9. The van der Waals surface area contributed by atoms with Gasteiger partial charge in [0.25, 0.3) is 5.91 Å². The van der Waals surface area contributed by atoms with Gasteiger partial charge in [0.2, 0.25) is 5.91 Å². The molecule has 2 aromatic carbocycles. The van der Waals surface area contributed by atoms with Crippen LogP contribution in [0, 0.1) is 6.92 Å². The molecule has 0 radical (unpaired) electrons. The van der Waals surface area contributed by atoms with Gasteiger partial charge in [-0.15, -0.1) is 0 Å². The Morgan fingerprint density at radius 1 is 1.06 bits per heavy atom. The number of carbonyl (C=O) groups excluding carboxylic acids is 2. The second-order valence-electron chi connectivity index (χ2n) is 8.27. The lowest BCUT2D eigenvalue weighted by molar-refractivity contribution is -0.142. The van der Waals surface area contributed by atoms with Crippen LogP contribution >= 0.6 is 11.6 Å². The third-order valence-corrected chi connectivity index (χ3v) is 6.02. The molecule has 1 unspecified atom stereocenters. The van der Waals surface area contributed by atoms with Crippen molar-refractivity contribution in [2.45, 2.75) is 64.6 Å². The van der Waals surface area contributed by atoms with E-state index in [0.29, 0.717) is 17.3 Å². The van der Waals surface area contributed by atoms with Crippen LogP contribution in [0.4, 0.5) is 0 Å². The fourth-order valence-corrected chi connectivity index (χ4v) is 3.93. The molecule has 166 valence electrons. The van der Waals surface area contributed by atoms with Crippen LogP contribution in [0.1, 0.15) is 50.2 Å². The van der Waals surface area contributed by atoms with Gasteiger partial charge in [0.1, 0.15) is 11.8 Å². The highest BCUT2D eigenvalue weighted by Crippen LogP contribution is 2.19. The fourth-order valence-electron chi connectivity index (χ4n) is 3.80. The summed E-state index contributed by atoms with van der Waals surface area (Å²) in [6, 6.07) is 14.5. The number of nitrogens with one attached hydrogen (secondary N) is 1. The second-order valence-corrected chi connectivity index (χ2v) is 8.71. The number of ether oxygens (including phenoxy) is 1. The van der Waals surface area contributed by atoms with Gasteiger partial charge < -0.3 is 15.0 Å². The molecule has 0 aromatic heterocycles. The maximum absolute atomic E-state index is 13.1. The molecule has 1 aliphatic carbocycles. The predicted octanol–water partition coefficient (Wildman–Crippen LogP) is 4.89. The molecule has 31 heavy (non-hydrogen) atoms. The summed E-state index contributed by atoms with van der Waals surface area (Å²) in [5, 5.41) is 3.77. The minimum Gasteiger partial charge on any atom is -0.484 e. The van der Waals surface area contributed by atoms with E-state index in [1.165, 1.54) is 6.42 Å². The van der Waals surface area contributed by atoms with E-state index < -0.39 is 6.04 Å². The predicted molar refractivity (Wildman–Crippen MR) is 123 cm³/mol. The van der Waals surface area contributed by atoms with Crippen molar-refractivity contribution in [1.29, 1.82) is 0 Å². The molecule has 0 aliphatic heterocycles. The normalized spacial score (nSPS) is 15.2. The first kappa shape index (κ1) is 23.1. The molecule has 1 fully saturated rings. The lowest BCUT2D eigenvalue weighted by Gasteiger charge is -2.31. The van der Waals surface area contributed by atoms with Crippen molar-refractivity contribution in [1.82, 2.24) is 10.2 Å². The van der Waals surface area contributed by atoms with Crippen molar-refractivity contribution in [2.24, 2.45) is 0 Å². The van der Waals surface area contributed by atoms with Gasteiger partial charge in [-0.05, 0) is 56.5 Å². The summed E-state index contributed by atoms with van der Waals surface area (Å²) < 4.78 is 5.70. The standard InChI is InChI=1S/C25H31ClN2O3/c1-18-8-14-23(15-9-18)31-17-24(29)28(16-20-10-12-21(26)13-11-20)19(2)25(30)27-22-6-4-3-5-7-22/h8-15,19,22H,3-7,16-17H2,1-2H3,(H,27,30). The zero-order chi connectivity index (χ0) is 22.2. The molecule has 0 spiro atoms. The van der Waals surface area contributed by atoms with Gasteiger partial charge in [-0.1, -0.05) is 60.7 Å². The Bertz CT molecular complexity index is 861. The SMILES string of the molecule is Cc1ccc(OCC(=O)N(Cc2ccc(Cl)cc2)C(C)C(=O)NC2CCCCC2)cc1. The van der Waals surface area contributed by atoms with E-state index in [1.807, 2.05) is 43.3 Å². The molecule has 1 aliphatic rings. The Labute approximate surface area is 189 Å². The minimum absolute atomic E-state index is 0.121. The Hall–Kier alpha value is -2.53. The lowest BCUT2D eigenvalue weighted by Crippen LogP contribution is -2.51. The highest BCUT2D eigenvalue weighted by molar-refractivity contribution is 6.30. The Balaban J connectivity index is 1.69. The summed E-state index contributed by atoms with van der Waals surface area (Å²) in [6.45, 7) is 3.96. The van der Waals surface area contributed by atoms with Crippen molar-refractivity contribution in [3.63, 3.8) is 0 Å². The number of hydrogen-bond acceptors (Lipinski definition) is 3. The number of carbonyl (C=O) groups is 2. The summed E-state index contributed by atoms with van der Waals surface area (Å²) in [4.78, 5) is 27.6. The van der Waals surface area contributed by atoms with Crippen LogP contribution in [0.25, 0.3) is 0 Å². The van der Waals surface area contributed by atoms with Crippen molar-refractivity contribution in [3.05, 3.63) is 64.7 Å². The van der Waals surface area contributed by atoms with Crippen molar-refractivity contribution in [2.75, 3.05) is 6.61 Å². The molecule has 0 saturated heterocycles. The average molecular weight is 443 g/mol. The molecule has 1 N–H and O–H groups in total. The first-order valence-corrected chi connectivity index (χ1v) is 11.3. The lowest BCUT2D eigenvalue weighted by atomic mass is 9.95. The molecular formula is C25H31ClN2O3. The number of halogens is 1. The maximum atomic E-state index is 13.1. The van der Waals surface area contributed by atoms with Gasteiger partial charge in [0, 0.05) is 17.6 Å². The molecule has 5 nitrogen and oxygen atoms in total. The molecule has 0 bridgehead atoms. The van der Waals surface area contributed by atoms with E-state index in [1.54, 1.807) is 24.0 Å². The highest BCUT2D eigenvalue weighted by Gasteiger charge is 2.28. The van der Waals surface area contributed by atoms with Gasteiger partial charge >= 0.3 is 0 Å². The average Bonchev–Trinajstić information content (AvgIpc) is 2.78. The number of hydrogen-bond donors (Lipinski definition) is 1. The Kier molecular flexibility index (Phi) is 8.35. The van der Waals surface area contributed by atoms with Gasteiger partial charge in [0.15, 0.2) is 6.61 Å². The van der Waals surface area contributed by atoms with Crippen molar-refractivity contribution in [3.8, 4) is 5.75 Å². The van der Waals surface area contributed by atoms with Crippen molar-refractivity contribution < 1.29 is 14.3 Å². The molecule has 1 saturated carbocycles. The molecule has 2 amide bonds. The largest absolute Gasteiger partial charge is 0.484 e. The fraction of sp³-hybridized carbons (Fsp3) is 0.440. The van der Waals surface area contributed by atoms with Crippen LogP contribution in [0.3, 0.4) is 0 Å². The van der Waals surface area contributed by atoms with E-state index in [2.05, 4.69) is 5.32 Å². The molecule has 2 aromatic rings. The van der Waals surface area contributed by atoms with E-state index in [4.69, 9.17) is 16.3 Å². The van der Waals surface area contributed by atoms with Gasteiger partial charge in [0.05, 0.1) is 0 Å². The summed E-state index contributed by atoms with van der Waals surface area (Å²) >= 11 is 6.00. The number of nitrogens with zero attached hydrogens (tertiary/aromatic N) is 1. The van der Waals surface area contributed by atoms with Crippen LogP contribution < -0.4 is 10.1 Å². The van der Waals surface area contributed by atoms with E-state index >= 15 is 0 Å². The third kappa shape index (κ3) is 7.00. The Morgan fingerprint density at radius 2 is 1.71 bits per heavy atom. The zero-order valence-corrected chi connectivity index (χ0v) is 19.0. The first-order valence-electron chi connectivity index (χ1n) is 11.0. The van der Waals surface area contributed by atoms with E-state index in [0.717, 1.165) is 36.8 Å². The summed E-state index contributed by atoms with van der Waals surface area (Å²) in [5.41, 5.74) is 2.03. The quantitative estimate of drug-likeness (QED) is 0.633.